The first-order chi connectivity index (χ1) is 8.59. The number of amides is 1. The molecular weight excluding hydrogens is 232 g/mol. The molecule has 0 bridgehead atoms. The van der Waals surface area contributed by atoms with E-state index >= 15 is 0 Å². The number of rotatable bonds is 5. The molecule has 0 atom stereocenters. The first-order valence-electron chi connectivity index (χ1n) is 6.25. The molecule has 0 radical (unpaired) electrons. The van der Waals surface area contributed by atoms with Gasteiger partial charge in [0.1, 0.15) is 5.69 Å². The quantitative estimate of drug-likeness (QED) is 0.840. The van der Waals surface area contributed by atoms with Gasteiger partial charge in [-0.3, -0.25) is 4.79 Å². The highest BCUT2D eigenvalue weighted by molar-refractivity contribution is 5.93. The predicted octanol–water partition coefficient (Wildman–Crippen LogP) is 0.731. The number of methoxy groups -OCH3 is 1. The Morgan fingerprint density at radius 2 is 2.28 bits per heavy atom. The number of aliphatic hydroxyl groups is 1. The zero-order valence-corrected chi connectivity index (χ0v) is 10.9. The number of hydrogen-bond donors (Lipinski definition) is 1. The predicted molar refractivity (Wildman–Crippen MR) is 67.5 cm³/mol. The Labute approximate surface area is 107 Å². The number of β-amino-alcohol motifs (C(OH)–C–C–N with tert-alkyl or cyclic N) is 1. The second-order valence-corrected chi connectivity index (χ2v) is 4.82. The van der Waals surface area contributed by atoms with E-state index in [9.17, 15) is 9.90 Å². The van der Waals surface area contributed by atoms with E-state index in [1.807, 2.05) is 23.8 Å². The SMILES string of the molecule is CCC1(O)CN(C(=O)c2cccn2CCOC)C1. The molecule has 1 amide bonds. The molecule has 1 saturated heterocycles. The van der Waals surface area contributed by atoms with Gasteiger partial charge in [0.25, 0.3) is 5.91 Å². The lowest BCUT2D eigenvalue weighted by Gasteiger charge is -2.46. The molecule has 0 spiro atoms. The number of carbonyl (C=O) groups excluding carboxylic acids is 1. The molecule has 5 heteroatoms. The summed E-state index contributed by atoms with van der Waals surface area (Å²) in [4.78, 5) is 13.9. The first-order valence-corrected chi connectivity index (χ1v) is 6.25. The molecule has 5 nitrogen and oxygen atoms in total. The molecule has 0 aliphatic carbocycles. The van der Waals surface area contributed by atoms with Crippen LogP contribution in [0.25, 0.3) is 0 Å². The molecule has 0 saturated carbocycles. The van der Waals surface area contributed by atoms with E-state index in [4.69, 9.17) is 4.74 Å². The normalized spacial score (nSPS) is 17.6. The summed E-state index contributed by atoms with van der Waals surface area (Å²) in [6.45, 7) is 4.03. The Bertz CT molecular complexity index is 422. The van der Waals surface area contributed by atoms with Gasteiger partial charge in [-0.05, 0) is 18.6 Å². The van der Waals surface area contributed by atoms with Gasteiger partial charge in [0.05, 0.1) is 25.3 Å². The highest BCUT2D eigenvalue weighted by Gasteiger charge is 2.42. The summed E-state index contributed by atoms with van der Waals surface area (Å²) in [7, 11) is 1.64. The lowest BCUT2D eigenvalue weighted by Crippen LogP contribution is -2.63. The van der Waals surface area contributed by atoms with Crippen molar-refractivity contribution in [1.82, 2.24) is 9.47 Å². The minimum absolute atomic E-state index is 0.0192. The van der Waals surface area contributed by atoms with E-state index in [0.717, 1.165) is 0 Å². The zero-order chi connectivity index (χ0) is 13.2. The van der Waals surface area contributed by atoms with Gasteiger partial charge in [-0.25, -0.2) is 0 Å². The molecule has 1 aromatic heterocycles. The average molecular weight is 252 g/mol. The van der Waals surface area contributed by atoms with Crippen molar-refractivity contribution in [2.24, 2.45) is 0 Å². The summed E-state index contributed by atoms with van der Waals surface area (Å²) < 4.78 is 6.90. The smallest absolute Gasteiger partial charge is 0.270 e. The van der Waals surface area contributed by atoms with Crippen LogP contribution in [0.3, 0.4) is 0 Å². The van der Waals surface area contributed by atoms with Crippen LogP contribution in [0.2, 0.25) is 0 Å². The summed E-state index contributed by atoms with van der Waals surface area (Å²) in [5.74, 6) is -0.0192. The van der Waals surface area contributed by atoms with Gasteiger partial charge in [-0.2, -0.15) is 0 Å². The van der Waals surface area contributed by atoms with Crippen molar-refractivity contribution >= 4 is 5.91 Å². The molecule has 2 rings (SSSR count). The van der Waals surface area contributed by atoms with Crippen LogP contribution >= 0.6 is 0 Å². The molecule has 1 aliphatic rings. The van der Waals surface area contributed by atoms with Crippen molar-refractivity contribution in [1.29, 1.82) is 0 Å². The topological polar surface area (TPSA) is 54.7 Å². The standard InChI is InChI=1S/C13H20N2O3/c1-3-13(17)9-15(10-13)12(16)11-5-4-6-14(11)7-8-18-2/h4-6,17H,3,7-10H2,1-2H3. The summed E-state index contributed by atoms with van der Waals surface area (Å²) in [5, 5.41) is 9.93. The monoisotopic (exact) mass is 252 g/mol. The van der Waals surface area contributed by atoms with Crippen LogP contribution in [-0.4, -0.2) is 52.9 Å². The number of hydrogen-bond acceptors (Lipinski definition) is 3. The van der Waals surface area contributed by atoms with Gasteiger partial charge >= 0.3 is 0 Å². The van der Waals surface area contributed by atoms with Crippen LogP contribution in [0.5, 0.6) is 0 Å². The van der Waals surface area contributed by atoms with Crippen LogP contribution in [0, 0.1) is 0 Å². The fraction of sp³-hybridized carbons (Fsp3) is 0.615. The molecular formula is C13H20N2O3. The third-order valence-electron chi connectivity index (χ3n) is 3.50. The van der Waals surface area contributed by atoms with Gasteiger partial charge < -0.3 is 19.3 Å². The van der Waals surface area contributed by atoms with E-state index < -0.39 is 5.60 Å². The minimum atomic E-state index is -0.681. The summed E-state index contributed by atoms with van der Waals surface area (Å²) in [6.07, 6.45) is 2.56. The van der Waals surface area contributed by atoms with Crippen molar-refractivity contribution < 1.29 is 14.6 Å². The number of carbonyl (C=O) groups is 1. The zero-order valence-electron chi connectivity index (χ0n) is 10.9. The Kier molecular flexibility index (Phi) is 3.73. The summed E-state index contributed by atoms with van der Waals surface area (Å²) in [5.41, 5.74) is -0.0233. The third kappa shape index (κ3) is 2.42. The molecule has 1 aromatic rings. The maximum absolute atomic E-state index is 12.2. The first kappa shape index (κ1) is 13.1. The Morgan fingerprint density at radius 1 is 1.56 bits per heavy atom. The number of nitrogens with zero attached hydrogens (tertiary/aromatic N) is 2. The van der Waals surface area contributed by atoms with Gasteiger partial charge in [0, 0.05) is 19.9 Å². The van der Waals surface area contributed by atoms with Crippen molar-refractivity contribution in [3.05, 3.63) is 24.0 Å². The second kappa shape index (κ2) is 5.12. The van der Waals surface area contributed by atoms with Gasteiger partial charge in [-0.1, -0.05) is 6.92 Å². The fourth-order valence-corrected chi connectivity index (χ4v) is 2.19. The van der Waals surface area contributed by atoms with Crippen LogP contribution in [0.1, 0.15) is 23.8 Å². The molecule has 2 heterocycles. The molecule has 0 aromatic carbocycles. The number of ether oxygens (including phenoxy) is 1. The maximum atomic E-state index is 12.2. The molecule has 1 aliphatic heterocycles. The Hall–Kier alpha value is -1.33. The Morgan fingerprint density at radius 3 is 2.89 bits per heavy atom. The van der Waals surface area contributed by atoms with Gasteiger partial charge in [-0.15, -0.1) is 0 Å². The molecule has 1 fully saturated rings. The van der Waals surface area contributed by atoms with Crippen LogP contribution in [0.4, 0.5) is 0 Å². The van der Waals surface area contributed by atoms with E-state index in [1.54, 1.807) is 18.1 Å². The molecule has 100 valence electrons. The van der Waals surface area contributed by atoms with Crippen molar-refractivity contribution in [2.45, 2.75) is 25.5 Å². The molecule has 18 heavy (non-hydrogen) atoms. The molecule has 0 unspecified atom stereocenters. The van der Waals surface area contributed by atoms with Gasteiger partial charge in [0.15, 0.2) is 0 Å². The van der Waals surface area contributed by atoms with E-state index in [1.165, 1.54) is 0 Å². The number of aromatic nitrogens is 1. The lowest BCUT2D eigenvalue weighted by molar-refractivity contribution is -0.0829. The summed E-state index contributed by atoms with van der Waals surface area (Å²) in [6, 6.07) is 3.66. The third-order valence-corrected chi connectivity index (χ3v) is 3.50. The average Bonchev–Trinajstić information content (AvgIpc) is 2.79. The van der Waals surface area contributed by atoms with Crippen molar-refractivity contribution in [2.75, 3.05) is 26.8 Å². The highest BCUT2D eigenvalue weighted by Crippen LogP contribution is 2.25. The minimum Gasteiger partial charge on any atom is -0.386 e. The highest BCUT2D eigenvalue weighted by atomic mass is 16.5. The largest absolute Gasteiger partial charge is 0.386 e. The van der Waals surface area contributed by atoms with Crippen molar-refractivity contribution in [3.63, 3.8) is 0 Å². The van der Waals surface area contributed by atoms with Crippen molar-refractivity contribution in [3.8, 4) is 0 Å². The van der Waals surface area contributed by atoms with E-state index in [2.05, 4.69) is 0 Å². The summed E-state index contributed by atoms with van der Waals surface area (Å²) >= 11 is 0. The van der Waals surface area contributed by atoms with Gasteiger partial charge in [0.2, 0.25) is 0 Å². The van der Waals surface area contributed by atoms with Crippen LogP contribution in [0.15, 0.2) is 18.3 Å². The maximum Gasteiger partial charge on any atom is 0.270 e. The van der Waals surface area contributed by atoms with Crippen LogP contribution < -0.4 is 0 Å². The molecule has 1 N–H and O–H groups in total. The number of likely N-dealkylation sites (tertiary alicyclic amines) is 1. The van der Waals surface area contributed by atoms with E-state index in [0.29, 0.717) is 38.4 Å². The lowest BCUT2D eigenvalue weighted by atomic mass is 9.91. The second-order valence-electron chi connectivity index (χ2n) is 4.82. The van der Waals surface area contributed by atoms with Crippen LogP contribution in [-0.2, 0) is 11.3 Å². The fourth-order valence-electron chi connectivity index (χ4n) is 2.19. The van der Waals surface area contributed by atoms with E-state index in [-0.39, 0.29) is 5.91 Å². The Balaban J connectivity index is 2.00.